The van der Waals surface area contributed by atoms with Crippen molar-refractivity contribution >= 4 is 11.1 Å². The van der Waals surface area contributed by atoms with Gasteiger partial charge < -0.3 is 9.29 Å². The van der Waals surface area contributed by atoms with Crippen LogP contribution in [0.5, 0.6) is 5.75 Å². The molecule has 2 atom stereocenters. The fourth-order valence-electron chi connectivity index (χ4n) is 2.42. The van der Waals surface area contributed by atoms with Gasteiger partial charge in [-0.15, -0.1) is 0 Å². The van der Waals surface area contributed by atoms with Gasteiger partial charge in [0.05, 0.1) is 0 Å². The molecule has 2 aromatic carbocycles. The summed E-state index contributed by atoms with van der Waals surface area (Å²) in [6, 6.07) is 7.04. The molecule has 0 amide bonds. The maximum absolute atomic E-state index is 13.9. The fourth-order valence-corrected chi connectivity index (χ4v) is 2.89. The highest BCUT2D eigenvalue weighted by molar-refractivity contribution is 7.79. The summed E-state index contributed by atoms with van der Waals surface area (Å²) in [7, 11) is 0. The zero-order chi connectivity index (χ0) is 20.5. The van der Waals surface area contributed by atoms with Gasteiger partial charge in [0.2, 0.25) is 11.6 Å². The number of benzene rings is 2. The van der Waals surface area contributed by atoms with Crippen molar-refractivity contribution in [1.29, 1.82) is 0 Å². The second kappa shape index (κ2) is 7.98. The van der Waals surface area contributed by atoms with Gasteiger partial charge in [-0.25, -0.2) is 8.78 Å². The zero-order valence-corrected chi connectivity index (χ0v) is 16.1. The molecule has 2 unspecified atom stereocenters. The largest absolute Gasteiger partial charge is 0.768 e. The van der Waals surface area contributed by atoms with Gasteiger partial charge in [-0.2, -0.15) is 8.78 Å². The Bertz CT molecular complexity index is 832. The average molecular weight is 403 g/mol. The molecule has 0 bridgehead atoms. The van der Waals surface area contributed by atoms with Crippen molar-refractivity contribution < 1.29 is 31.1 Å². The van der Waals surface area contributed by atoms with Crippen molar-refractivity contribution in [3.05, 3.63) is 58.7 Å². The van der Waals surface area contributed by atoms with Gasteiger partial charge in [-0.05, 0) is 33.5 Å². The van der Waals surface area contributed by atoms with E-state index in [1.54, 1.807) is 12.1 Å². The molecule has 0 aromatic heterocycles. The third kappa shape index (κ3) is 4.50. The van der Waals surface area contributed by atoms with Crippen molar-refractivity contribution in [3.63, 3.8) is 0 Å². The van der Waals surface area contributed by atoms with E-state index in [9.17, 15) is 26.3 Å². The van der Waals surface area contributed by atoms with Crippen LogP contribution in [-0.2, 0) is 17.7 Å². The monoisotopic (exact) mass is 403 g/mol. The van der Waals surface area contributed by atoms with E-state index in [1.165, 1.54) is 0 Å². The molecule has 3 nitrogen and oxygen atoms in total. The first-order valence-corrected chi connectivity index (χ1v) is 9.19. The minimum atomic E-state index is -3.47. The van der Waals surface area contributed by atoms with Crippen LogP contribution in [0, 0.1) is 28.7 Å². The highest BCUT2D eigenvalue weighted by Crippen LogP contribution is 2.35. The molecule has 0 fully saturated rings. The lowest BCUT2D eigenvalue weighted by Gasteiger charge is -2.27. The van der Waals surface area contributed by atoms with Crippen molar-refractivity contribution in [2.75, 3.05) is 0 Å². The van der Waals surface area contributed by atoms with Gasteiger partial charge >= 0.3 is 0 Å². The van der Waals surface area contributed by atoms with Crippen LogP contribution in [0.4, 0.5) is 17.6 Å². The predicted octanol–water partition coefficient (Wildman–Crippen LogP) is 5.21. The predicted molar refractivity (Wildman–Crippen MR) is 92.1 cm³/mol. The molecule has 2 rings (SSSR count). The average Bonchev–Trinajstić information content (AvgIpc) is 2.59. The maximum atomic E-state index is 13.9. The molecule has 0 spiro atoms. The molecule has 148 valence electrons. The summed E-state index contributed by atoms with van der Waals surface area (Å²) in [5.41, 5.74) is 1.63. The summed E-state index contributed by atoms with van der Waals surface area (Å²) in [6.07, 6.45) is 0. The van der Waals surface area contributed by atoms with Crippen LogP contribution < -0.4 is 4.74 Å². The molecule has 0 aliphatic heterocycles. The summed E-state index contributed by atoms with van der Waals surface area (Å²) in [5.74, 6) is -8.88. The summed E-state index contributed by atoms with van der Waals surface area (Å²) in [5, 5.41) is 0. The SMILES string of the molecule is CC(c1ccc(COc2c(F)c(F)c(S(=O)[O-])c(F)c2F)cc1)C(C)(C)C. The minimum Gasteiger partial charge on any atom is -0.768 e. The van der Waals surface area contributed by atoms with Crippen LogP contribution in [0.3, 0.4) is 0 Å². The Hall–Kier alpha value is -1.93. The molecule has 0 aliphatic rings. The summed E-state index contributed by atoms with van der Waals surface area (Å²) < 4.78 is 81.5. The quantitative estimate of drug-likeness (QED) is 0.391. The Morgan fingerprint density at radius 1 is 1.00 bits per heavy atom. The molecule has 0 saturated heterocycles. The van der Waals surface area contributed by atoms with Gasteiger partial charge in [-0.3, -0.25) is 4.21 Å². The number of rotatable bonds is 5. The summed E-state index contributed by atoms with van der Waals surface area (Å²) >= 11 is -3.47. The van der Waals surface area contributed by atoms with Crippen molar-refractivity contribution in [2.24, 2.45) is 5.41 Å². The molecule has 27 heavy (non-hydrogen) atoms. The van der Waals surface area contributed by atoms with E-state index in [0.717, 1.165) is 5.56 Å². The van der Waals surface area contributed by atoms with Crippen LogP contribution >= 0.6 is 0 Å². The first-order chi connectivity index (χ1) is 12.4. The molecular formula is C19H19F4O3S-. The Kier molecular flexibility index (Phi) is 6.32. The molecule has 8 heteroatoms. The Labute approximate surface area is 157 Å². The molecule has 0 heterocycles. The lowest BCUT2D eigenvalue weighted by Crippen LogP contribution is -2.15. The van der Waals surface area contributed by atoms with Gasteiger partial charge in [0.15, 0.2) is 17.4 Å². The molecule has 2 aromatic rings. The topological polar surface area (TPSA) is 49.4 Å². The van der Waals surface area contributed by atoms with Crippen LogP contribution in [0.2, 0.25) is 0 Å². The number of hydrogen-bond acceptors (Lipinski definition) is 3. The first kappa shape index (κ1) is 21.4. The molecule has 0 N–H and O–H groups in total. The van der Waals surface area contributed by atoms with Gasteiger partial charge in [0.25, 0.3) is 0 Å². The standard InChI is InChI=1S/C19H20F4O3S/c1-10(19(2,3)4)12-7-5-11(6-8-12)9-26-17-13(20)15(22)18(27(24)25)16(23)14(17)21/h5-8,10H,9H2,1-4H3,(H,24,25)/p-1. The normalized spacial score (nSPS) is 14.1. The summed E-state index contributed by atoms with van der Waals surface area (Å²) in [4.78, 5) is -1.70. The maximum Gasteiger partial charge on any atom is 0.205 e. The van der Waals surface area contributed by atoms with Crippen LogP contribution in [0.1, 0.15) is 44.7 Å². The smallest absolute Gasteiger partial charge is 0.205 e. The summed E-state index contributed by atoms with van der Waals surface area (Å²) in [6.45, 7) is 8.02. The van der Waals surface area contributed by atoms with E-state index in [0.29, 0.717) is 5.56 Å². The Balaban J connectivity index is 2.24. The van der Waals surface area contributed by atoms with Crippen LogP contribution in [-0.4, -0.2) is 8.76 Å². The second-order valence-corrected chi connectivity index (χ2v) is 8.14. The lowest BCUT2D eigenvalue weighted by molar-refractivity contribution is 0.257. The third-order valence-corrected chi connectivity index (χ3v) is 5.20. The Morgan fingerprint density at radius 2 is 1.48 bits per heavy atom. The van der Waals surface area contributed by atoms with Crippen molar-refractivity contribution in [3.8, 4) is 5.75 Å². The number of halogens is 4. The highest BCUT2D eigenvalue weighted by Gasteiger charge is 2.27. The first-order valence-electron chi connectivity index (χ1n) is 8.12. The Morgan fingerprint density at radius 3 is 1.89 bits per heavy atom. The van der Waals surface area contributed by atoms with E-state index in [4.69, 9.17) is 4.74 Å². The van der Waals surface area contributed by atoms with Gasteiger partial charge in [-0.1, -0.05) is 52.0 Å². The fraction of sp³-hybridized carbons (Fsp3) is 0.368. The molecule has 0 radical (unpaired) electrons. The molecule has 0 aliphatic carbocycles. The van der Waals surface area contributed by atoms with E-state index >= 15 is 0 Å². The van der Waals surface area contributed by atoms with E-state index in [-0.39, 0.29) is 17.9 Å². The lowest BCUT2D eigenvalue weighted by atomic mass is 9.78. The van der Waals surface area contributed by atoms with Crippen molar-refractivity contribution in [1.82, 2.24) is 0 Å². The van der Waals surface area contributed by atoms with Crippen LogP contribution in [0.15, 0.2) is 29.2 Å². The van der Waals surface area contributed by atoms with E-state index < -0.39 is 45.0 Å². The number of ether oxygens (including phenoxy) is 1. The number of hydrogen-bond donors (Lipinski definition) is 0. The van der Waals surface area contributed by atoms with E-state index in [1.807, 2.05) is 12.1 Å². The van der Waals surface area contributed by atoms with Gasteiger partial charge in [0.1, 0.15) is 11.5 Å². The van der Waals surface area contributed by atoms with Crippen LogP contribution in [0.25, 0.3) is 0 Å². The highest BCUT2D eigenvalue weighted by atomic mass is 32.2. The minimum absolute atomic E-state index is 0.0444. The second-order valence-electron chi connectivity index (χ2n) is 7.27. The zero-order valence-electron chi connectivity index (χ0n) is 15.2. The molecular weight excluding hydrogens is 384 g/mol. The van der Waals surface area contributed by atoms with Crippen molar-refractivity contribution in [2.45, 2.75) is 45.1 Å². The van der Waals surface area contributed by atoms with Gasteiger partial charge in [0, 0.05) is 0 Å². The third-order valence-electron chi connectivity index (χ3n) is 4.51. The molecule has 0 saturated carbocycles. The van der Waals surface area contributed by atoms with E-state index in [2.05, 4.69) is 27.7 Å².